The average Bonchev–Trinajstić information content (AvgIpc) is 3.16. The molecule has 0 radical (unpaired) electrons. The Kier molecular flexibility index (Phi) is 3.08. The van der Waals surface area contributed by atoms with Crippen molar-refractivity contribution in [3.05, 3.63) is 51.8 Å². The molecule has 0 unspecified atom stereocenters. The number of hydrogen-bond donors (Lipinski definition) is 3. The quantitative estimate of drug-likeness (QED) is 0.408. The molecule has 0 saturated heterocycles. The number of pyridine rings is 1. The normalized spacial score (nSPS) is 11.8. The summed E-state index contributed by atoms with van der Waals surface area (Å²) in [5.74, 6) is -0.212. The number of hydrogen-bond acceptors (Lipinski definition) is 5. The van der Waals surface area contributed by atoms with Gasteiger partial charge in [-0.3, -0.25) is 9.48 Å². The molecule has 8 heteroatoms. The van der Waals surface area contributed by atoms with Crippen LogP contribution in [0.3, 0.4) is 0 Å². The SMILES string of the molecule is Cn1[nH]cc2c(-c3ccc(O)c(Cl)c3)c3oc4cc(=O)cc(O)c4c3nc21. The number of furan rings is 1. The number of H-pyrrole nitrogens is 1. The fourth-order valence-electron chi connectivity index (χ4n) is 3.41. The van der Waals surface area contributed by atoms with Gasteiger partial charge in [0.2, 0.25) is 0 Å². The molecule has 3 N–H and O–H groups in total. The van der Waals surface area contributed by atoms with Crippen molar-refractivity contribution in [1.82, 2.24) is 14.8 Å². The zero-order chi connectivity index (χ0) is 18.9. The van der Waals surface area contributed by atoms with Gasteiger partial charge in [-0.15, -0.1) is 0 Å². The Labute approximate surface area is 156 Å². The van der Waals surface area contributed by atoms with Crippen LogP contribution >= 0.6 is 11.6 Å². The predicted octanol–water partition coefficient (Wildman–Crippen LogP) is 3.89. The molecule has 0 bridgehead atoms. The Morgan fingerprint density at radius 1 is 1.19 bits per heavy atom. The molecule has 0 saturated carbocycles. The number of halogens is 1. The molecular formula is C19H12ClN3O4. The molecule has 7 nitrogen and oxygen atoms in total. The molecule has 27 heavy (non-hydrogen) atoms. The van der Waals surface area contributed by atoms with E-state index in [4.69, 9.17) is 16.0 Å². The van der Waals surface area contributed by atoms with Crippen molar-refractivity contribution in [2.24, 2.45) is 7.05 Å². The average molecular weight is 382 g/mol. The van der Waals surface area contributed by atoms with Gasteiger partial charge in [-0.25, -0.2) is 4.98 Å². The van der Waals surface area contributed by atoms with Crippen molar-refractivity contribution in [1.29, 1.82) is 0 Å². The number of benzene rings is 2. The van der Waals surface area contributed by atoms with Crippen molar-refractivity contribution in [2.45, 2.75) is 0 Å². The van der Waals surface area contributed by atoms with Crippen LogP contribution in [0.15, 0.2) is 45.7 Å². The highest BCUT2D eigenvalue weighted by molar-refractivity contribution is 6.32. The van der Waals surface area contributed by atoms with Crippen LogP contribution in [0, 0.1) is 0 Å². The van der Waals surface area contributed by atoms with E-state index >= 15 is 0 Å². The van der Waals surface area contributed by atoms with Crippen LogP contribution < -0.4 is 5.43 Å². The molecule has 0 spiro atoms. The van der Waals surface area contributed by atoms with Crippen LogP contribution in [0.5, 0.6) is 11.5 Å². The van der Waals surface area contributed by atoms with Crippen molar-refractivity contribution >= 4 is 44.7 Å². The molecule has 0 amide bonds. The van der Waals surface area contributed by atoms with Gasteiger partial charge in [-0.05, 0) is 17.7 Å². The summed E-state index contributed by atoms with van der Waals surface area (Å²) in [6, 6.07) is 7.30. The van der Waals surface area contributed by atoms with Crippen molar-refractivity contribution in [3.8, 4) is 22.6 Å². The molecule has 2 aromatic carbocycles. The van der Waals surface area contributed by atoms with Crippen LogP contribution in [0.25, 0.3) is 44.2 Å². The van der Waals surface area contributed by atoms with Gasteiger partial charge in [0.15, 0.2) is 16.7 Å². The molecular weight excluding hydrogens is 370 g/mol. The summed E-state index contributed by atoms with van der Waals surface area (Å²) in [5.41, 5.74) is 2.78. The lowest BCUT2D eigenvalue weighted by Crippen LogP contribution is -1.94. The minimum atomic E-state index is -0.355. The minimum Gasteiger partial charge on any atom is -0.507 e. The summed E-state index contributed by atoms with van der Waals surface area (Å²) in [6.07, 6.45) is 1.78. The summed E-state index contributed by atoms with van der Waals surface area (Å²) in [5, 5.41) is 24.5. The van der Waals surface area contributed by atoms with Crippen LogP contribution in [0.2, 0.25) is 5.02 Å². The molecule has 5 rings (SSSR count). The number of phenolic OH excluding ortho intramolecular Hbond substituents is 2. The van der Waals surface area contributed by atoms with Crippen LogP contribution in [-0.4, -0.2) is 25.0 Å². The zero-order valence-electron chi connectivity index (χ0n) is 13.9. The highest BCUT2D eigenvalue weighted by Crippen LogP contribution is 2.42. The highest BCUT2D eigenvalue weighted by Gasteiger charge is 2.22. The third kappa shape index (κ3) is 2.15. The number of nitrogens with one attached hydrogen (secondary N) is 1. The summed E-state index contributed by atoms with van der Waals surface area (Å²) < 4.78 is 7.67. The number of aromatic amines is 1. The van der Waals surface area contributed by atoms with Gasteiger partial charge in [-0.2, -0.15) is 0 Å². The molecule has 5 aromatic rings. The first kappa shape index (κ1) is 15.8. The van der Waals surface area contributed by atoms with E-state index in [0.29, 0.717) is 33.3 Å². The van der Waals surface area contributed by atoms with Crippen LogP contribution in [-0.2, 0) is 7.05 Å². The summed E-state index contributed by atoms with van der Waals surface area (Å²) in [4.78, 5) is 16.4. The van der Waals surface area contributed by atoms with E-state index in [1.807, 2.05) is 7.05 Å². The highest BCUT2D eigenvalue weighted by atomic mass is 35.5. The maximum Gasteiger partial charge on any atom is 0.186 e. The van der Waals surface area contributed by atoms with Crippen molar-refractivity contribution in [2.75, 3.05) is 0 Å². The predicted molar refractivity (Wildman–Crippen MR) is 102 cm³/mol. The van der Waals surface area contributed by atoms with Gasteiger partial charge in [0.1, 0.15) is 22.6 Å². The molecule has 3 heterocycles. The van der Waals surface area contributed by atoms with Crippen LogP contribution in [0.4, 0.5) is 0 Å². The molecule has 0 aliphatic heterocycles. The number of nitrogens with zero attached hydrogens (tertiary/aromatic N) is 2. The molecule has 0 aliphatic carbocycles. The lowest BCUT2D eigenvalue weighted by molar-refractivity contribution is 0.475. The second-order valence-electron chi connectivity index (χ2n) is 6.32. The lowest BCUT2D eigenvalue weighted by Gasteiger charge is -2.07. The monoisotopic (exact) mass is 381 g/mol. The molecule has 0 aliphatic rings. The maximum absolute atomic E-state index is 11.8. The summed E-state index contributed by atoms with van der Waals surface area (Å²) >= 11 is 6.11. The first-order chi connectivity index (χ1) is 12.9. The second kappa shape index (κ2) is 5.28. The van der Waals surface area contributed by atoms with Crippen LogP contribution in [0.1, 0.15) is 0 Å². The van der Waals surface area contributed by atoms with Gasteiger partial charge in [0, 0.05) is 36.3 Å². The Hall–Kier alpha value is -3.45. The summed E-state index contributed by atoms with van der Waals surface area (Å²) in [7, 11) is 1.81. The van der Waals surface area contributed by atoms with Gasteiger partial charge in [0.05, 0.1) is 10.4 Å². The number of rotatable bonds is 1. The number of fused-ring (bicyclic) bond motifs is 4. The number of aryl methyl sites for hydroxylation is 1. The third-order valence-electron chi connectivity index (χ3n) is 4.63. The first-order valence-corrected chi connectivity index (χ1v) is 8.44. The number of aromatic hydroxyl groups is 2. The Morgan fingerprint density at radius 2 is 2.00 bits per heavy atom. The van der Waals surface area contributed by atoms with Crippen molar-refractivity contribution in [3.63, 3.8) is 0 Å². The second-order valence-corrected chi connectivity index (χ2v) is 6.73. The van der Waals surface area contributed by atoms with Gasteiger partial charge < -0.3 is 19.7 Å². The van der Waals surface area contributed by atoms with Crippen molar-refractivity contribution < 1.29 is 14.6 Å². The molecule has 134 valence electrons. The van der Waals surface area contributed by atoms with Gasteiger partial charge in [0.25, 0.3) is 0 Å². The summed E-state index contributed by atoms with van der Waals surface area (Å²) in [6.45, 7) is 0. The first-order valence-electron chi connectivity index (χ1n) is 8.06. The van der Waals surface area contributed by atoms with E-state index in [2.05, 4.69) is 10.1 Å². The molecule has 0 atom stereocenters. The van der Waals surface area contributed by atoms with Gasteiger partial charge in [-0.1, -0.05) is 17.7 Å². The van der Waals surface area contributed by atoms with E-state index in [1.54, 1.807) is 23.0 Å². The standard InChI is InChI=1S/C19H12ClN3O4/c1-23-19-10(7-21-23)15(8-2-3-12(25)11(20)4-8)18-17(22-19)16-13(26)5-9(24)6-14(16)27-18/h2-7,21,25-26H,1H3. The third-order valence-corrected chi connectivity index (χ3v) is 4.93. The lowest BCUT2D eigenvalue weighted by atomic mass is 10.0. The zero-order valence-corrected chi connectivity index (χ0v) is 14.7. The maximum atomic E-state index is 11.8. The van der Waals surface area contributed by atoms with E-state index in [9.17, 15) is 15.0 Å². The molecule has 3 aromatic heterocycles. The minimum absolute atomic E-state index is 0.0279. The topological polar surface area (TPSA) is 104 Å². The number of aromatic nitrogens is 3. The Bertz CT molecular complexity index is 1440. The smallest absolute Gasteiger partial charge is 0.186 e. The largest absolute Gasteiger partial charge is 0.507 e. The Balaban J connectivity index is 2.04. The van der Waals surface area contributed by atoms with E-state index in [-0.39, 0.29) is 27.5 Å². The fourth-order valence-corrected chi connectivity index (χ4v) is 3.59. The van der Waals surface area contributed by atoms with E-state index < -0.39 is 0 Å². The number of phenols is 2. The van der Waals surface area contributed by atoms with Gasteiger partial charge >= 0.3 is 0 Å². The van der Waals surface area contributed by atoms with E-state index in [0.717, 1.165) is 11.5 Å². The Morgan fingerprint density at radius 3 is 2.78 bits per heavy atom. The fraction of sp³-hybridized carbons (Fsp3) is 0.0526. The molecule has 0 fully saturated rings. The van der Waals surface area contributed by atoms with E-state index in [1.165, 1.54) is 12.1 Å².